The van der Waals surface area contributed by atoms with Crippen LogP contribution in [0.4, 0.5) is 0 Å². The number of hydrogen-bond donors (Lipinski definition) is 3. The first kappa shape index (κ1) is 17.4. The zero-order valence-corrected chi connectivity index (χ0v) is 12.8. The van der Waals surface area contributed by atoms with Gasteiger partial charge in [0.05, 0.1) is 23.5 Å². The van der Waals surface area contributed by atoms with Crippen molar-refractivity contribution in [3.63, 3.8) is 0 Å². The topological polar surface area (TPSA) is 133 Å². The van der Waals surface area contributed by atoms with Crippen LogP contribution in [-0.2, 0) is 14.4 Å². The third kappa shape index (κ3) is 4.38. The van der Waals surface area contributed by atoms with E-state index in [-0.39, 0.29) is 18.1 Å². The smallest absolute Gasteiger partial charge is 0.237 e. The fourth-order valence-electron chi connectivity index (χ4n) is 2.78. The SMILES string of the molecule is NC(=O)CN(CC(N)=O)C(=O)C1(C(N)=S)CCCCCC1. The Morgan fingerprint density at radius 2 is 1.33 bits per heavy atom. The largest absolute Gasteiger partial charge is 0.392 e. The molecule has 1 rings (SSSR count). The minimum Gasteiger partial charge on any atom is -0.392 e. The van der Waals surface area contributed by atoms with Crippen LogP contribution < -0.4 is 17.2 Å². The van der Waals surface area contributed by atoms with Crippen molar-refractivity contribution in [3.8, 4) is 0 Å². The van der Waals surface area contributed by atoms with Gasteiger partial charge >= 0.3 is 0 Å². The maximum absolute atomic E-state index is 12.8. The molecule has 0 spiro atoms. The maximum Gasteiger partial charge on any atom is 0.237 e. The van der Waals surface area contributed by atoms with Gasteiger partial charge in [0.15, 0.2) is 0 Å². The van der Waals surface area contributed by atoms with E-state index in [1.165, 1.54) is 0 Å². The molecule has 0 aromatic carbocycles. The van der Waals surface area contributed by atoms with Crippen molar-refractivity contribution >= 4 is 34.9 Å². The number of rotatable bonds is 6. The zero-order valence-electron chi connectivity index (χ0n) is 12.0. The lowest BCUT2D eigenvalue weighted by atomic mass is 9.78. The first-order valence-electron chi connectivity index (χ1n) is 6.95. The van der Waals surface area contributed by atoms with Gasteiger partial charge in [0, 0.05) is 0 Å². The molecule has 1 fully saturated rings. The molecule has 8 heteroatoms. The van der Waals surface area contributed by atoms with Crippen LogP contribution in [0, 0.1) is 5.41 Å². The van der Waals surface area contributed by atoms with Gasteiger partial charge in [0.1, 0.15) is 0 Å². The Bertz CT molecular complexity index is 429. The van der Waals surface area contributed by atoms with E-state index in [4.69, 9.17) is 29.4 Å². The van der Waals surface area contributed by atoms with Gasteiger partial charge in [0.2, 0.25) is 17.7 Å². The molecule has 0 unspecified atom stereocenters. The van der Waals surface area contributed by atoms with Gasteiger partial charge in [-0.15, -0.1) is 0 Å². The number of carbonyl (C=O) groups excluding carboxylic acids is 3. The molecular weight excluding hydrogens is 292 g/mol. The summed E-state index contributed by atoms with van der Waals surface area (Å²) >= 11 is 5.11. The Labute approximate surface area is 129 Å². The molecule has 6 N–H and O–H groups in total. The van der Waals surface area contributed by atoms with E-state index in [0.717, 1.165) is 30.6 Å². The lowest BCUT2D eigenvalue weighted by molar-refractivity contribution is -0.144. The molecule has 0 aliphatic heterocycles. The van der Waals surface area contributed by atoms with Crippen molar-refractivity contribution < 1.29 is 14.4 Å². The molecule has 1 saturated carbocycles. The van der Waals surface area contributed by atoms with Crippen molar-refractivity contribution in [2.45, 2.75) is 38.5 Å². The first-order chi connectivity index (χ1) is 9.79. The Balaban J connectivity index is 3.07. The van der Waals surface area contributed by atoms with Crippen LogP contribution in [0.25, 0.3) is 0 Å². The van der Waals surface area contributed by atoms with Crippen molar-refractivity contribution in [2.75, 3.05) is 13.1 Å². The highest BCUT2D eigenvalue weighted by Crippen LogP contribution is 2.37. The van der Waals surface area contributed by atoms with Gasteiger partial charge in [-0.2, -0.15) is 0 Å². The molecule has 1 aliphatic carbocycles. The highest BCUT2D eigenvalue weighted by Gasteiger charge is 2.44. The average molecular weight is 314 g/mol. The van der Waals surface area contributed by atoms with Crippen molar-refractivity contribution in [1.82, 2.24) is 4.90 Å². The average Bonchev–Trinajstić information content (AvgIpc) is 2.62. The molecule has 0 aromatic rings. The molecule has 7 nitrogen and oxygen atoms in total. The van der Waals surface area contributed by atoms with Crippen LogP contribution in [0.3, 0.4) is 0 Å². The number of hydrogen-bond acceptors (Lipinski definition) is 4. The number of nitrogens with two attached hydrogens (primary N) is 3. The number of amides is 3. The van der Waals surface area contributed by atoms with Crippen molar-refractivity contribution in [1.29, 1.82) is 0 Å². The number of thiocarbonyl (C=S) groups is 1. The summed E-state index contributed by atoms with van der Waals surface area (Å²) in [5.74, 6) is -1.85. The van der Waals surface area contributed by atoms with E-state index < -0.39 is 23.1 Å². The Morgan fingerprint density at radius 1 is 0.905 bits per heavy atom. The van der Waals surface area contributed by atoms with Gasteiger partial charge in [-0.1, -0.05) is 37.9 Å². The lowest BCUT2D eigenvalue weighted by Crippen LogP contribution is -2.54. The summed E-state index contributed by atoms with van der Waals surface area (Å²) in [6.45, 7) is -0.738. The van der Waals surface area contributed by atoms with Gasteiger partial charge in [-0.05, 0) is 12.8 Å². The molecule has 0 heterocycles. The second kappa shape index (κ2) is 7.35. The van der Waals surface area contributed by atoms with Crippen LogP contribution in [0.1, 0.15) is 38.5 Å². The standard InChI is InChI=1S/C13H22N4O3S/c14-9(18)7-17(8-10(15)19)12(20)13(11(16)21)5-3-1-2-4-6-13/h1-8H2,(H2,14,18)(H2,15,19)(H2,16,21). The summed E-state index contributed by atoms with van der Waals surface area (Å²) in [6.07, 6.45) is 4.70. The molecule has 0 aromatic heterocycles. The van der Waals surface area contributed by atoms with Gasteiger partial charge < -0.3 is 22.1 Å². The zero-order chi connectivity index (χ0) is 16.0. The molecule has 0 atom stereocenters. The second-order valence-corrected chi connectivity index (χ2v) is 5.89. The van der Waals surface area contributed by atoms with Crippen molar-refractivity contribution in [3.05, 3.63) is 0 Å². The second-order valence-electron chi connectivity index (χ2n) is 5.45. The van der Waals surface area contributed by atoms with Gasteiger partial charge in [-0.25, -0.2) is 0 Å². The van der Waals surface area contributed by atoms with Crippen LogP contribution in [0.15, 0.2) is 0 Å². The molecule has 118 valence electrons. The summed E-state index contributed by atoms with van der Waals surface area (Å²) in [5.41, 5.74) is 15.1. The molecular formula is C13H22N4O3S. The molecule has 21 heavy (non-hydrogen) atoms. The predicted octanol–water partition coefficient (Wildman–Crippen LogP) is -0.588. The van der Waals surface area contributed by atoms with E-state index in [9.17, 15) is 14.4 Å². The third-order valence-corrected chi connectivity index (χ3v) is 4.21. The maximum atomic E-state index is 12.8. The van der Waals surface area contributed by atoms with Gasteiger partial charge in [0.25, 0.3) is 0 Å². The number of carbonyl (C=O) groups is 3. The Kier molecular flexibility index (Phi) is 6.07. The number of nitrogens with zero attached hydrogens (tertiary/aromatic N) is 1. The van der Waals surface area contributed by atoms with Gasteiger partial charge in [-0.3, -0.25) is 14.4 Å². The van der Waals surface area contributed by atoms with Crippen LogP contribution >= 0.6 is 12.2 Å². The summed E-state index contributed by atoms with van der Waals surface area (Å²) in [4.78, 5) is 36.3. The summed E-state index contributed by atoms with van der Waals surface area (Å²) in [5, 5.41) is 0. The number of primary amides is 2. The van der Waals surface area contributed by atoms with E-state index in [1.807, 2.05) is 0 Å². The monoisotopic (exact) mass is 314 g/mol. The van der Waals surface area contributed by atoms with Crippen LogP contribution in [0.2, 0.25) is 0 Å². The molecule has 3 amide bonds. The molecule has 0 radical (unpaired) electrons. The Morgan fingerprint density at radius 3 is 1.67 bits per heavy atom. The molecule has 0 saturated heterocycles. The fraction of sp³-hybridized carbons (Fsp3) is 0.692. The predicted molar refractivity (Wildman–Crippen MR) is 81.9 cm³/mol. The minimum atomic E-state index is -1.00. The Hall–Kier alpha value is -1.70. The highest BCUT2D eigenvalue weighted by atomic mass is 32.1. The quantitative estimate of drug-likeness (QED) is 0.445. The van der Waals surface area contributed by atoms with E-state index in [2.05, 4.69) is 0 Å². The fourth-order valence-corrected chi connectivity index (χ4v) is 3.07. The third-order valence-electron chi connectivity index (χ3n) is 3.82. The normalized spacial score (nSPS) is 17.5. The highest BCUT2D eigenvalue weighted by molar-refractivity contribution is 7.80. The van der Waals surface area contributed by atoms with E-state index >= 15 is 0 Å². The first-order valence-corrected chi connectivity index (χ1v) is 7.36. The van der Waals surface area contributed by atoms with E-state index in [0.29, 0.717) is 12.8 Å². The molecule has 0 bridgehead atoms. The van der Waals surface area contributed by atoms with E-state index in [1.54, 1.807) is 0 Å². The summed E-state index contributed by atoms with van der Waals surface area (Å²) in [6, 6.07) is 0. The summed E-state index contributed by atoms with van der Waals surface area (Å²) < 4.78 is 0. The summed E-state index contributed by atoms with van der Waals surface area (Å²) in [7, 11) is 0. The molecule has 1 aliphatic rings. The van der Waals surface area contributed by atoms with Crippen LogP contribution in [-0.4, -0.2) is 40.7 Å². The lowest BCUT2D eigenvalue weighted by Gasteiger charge is -2.35. The minimum absolute atomic E-state index is 0.105. The van der Waals surface area contributed by atoms with Crippen LogP contribution in [0.5, 0.6) is 0 Å². The van der Waals surface area contributed by atoms with Crippen molar-refractivity contribution in [2.24, 2.45) is 22.6 Å².